The van der Waals surface area contributed by atoms with Crippen LogP contribution < -0.4 is 5.73 Å². The summed E-state index contributed by atoms with van der Waals surface area (Å²) in [6.45, 7) is 2.16. The number of rotatable bonds is 0. The van der Waals surface area contributed by atoms with E-state index in [2.05, 4.69) is 24.5 Å². The zero-order valence-corrected chi connectivity index (χ0v) is 7.27. The molecule has 2 rings (SSSR count). The molecule has 2 atom stereocenters. The molecule has 1 heterocycles. The fourth-order valence-electron chi connectivity index (χ4n) is 1.51. The van der Waals surface area contributed by atoms with E-state index in [1.165, 1.54) is 5.57 Å². The minimum atomic E-state index is 0.486. The minimum absolute atomic E-state index is 0.486. The molecule has 11 heavy (non-hydrogen) atoms. The van der Waals surface area contributed by atoms with E-state index in [0.29, 0.717) is 11.2 Å². The van der Waals surface area contributed by atoms with Crippen LogP contribution in [0.3, 0.4) is 0 Å². The van der Waals surface area contributed by atoms with Gasteiger partial charge < -0.3 is 5.73 Å². The summed E-state index contributed by atoms with van der Waals surface area (Å²) in [5.74, 6) is 0.560. The van der Waals surface area contributed by atoms with Gasteiger partial charge in [-0.15, -0.1) is 11.8 Å². The van der Waals surface area contributed by atoms with Gasteiger partial charge in [-0.3, -0.25) is 0 Å². The van der Waals surface area contributed by atoms with Crippen molar-refractivity contribution in [3.63, 3.8) is 0 Å². The molecule has 0 spiro atoms. The summed E-state index contributed by atoms with van der Waals surface area (Å²) in [6, 6.07) is 0. The smallest absolute Gasteiger partial charge is 0.0583 e. The second-order valence-corrected chi connectivity index (χ2v) is 4.04. The Balaban J connectivity index is 2.35. The Hall–Kier alpha value is -0.630. The number of hydrogen-bond acceptors (Lipinski definition) is 2. The van der Waals surface area contributed by atoms with Crippen molar-refractivity contribution in [2.24, 2.45) is 11.7 Å². The van der Waals surface area contributed by atoms with Gasteiger partial charge in [-0.1, -0.05) is 17.7 Å². The zero-order valence-electron chi connectivity index (χ0n) is 6.45. The second kappa shape index (κ2) is 2.45. The highest BCUT2D eigenvalue weighted by Gasteiger charge is 2.28. The lowest BCUT2D eigenvalue weighted by Gasteiger charge is -2.22. The van der Waals surface area contributed by atoms with Crippen molar-refractivity contribution in [2.75, 3.05) is 0 Å². The maximum absolute atomic E-state index is 5.84. The zero-order chi connectivity index (χ0) is 7.84. The Labute approximate surface area is 71.0 Å². The first-order valence-electron chi connectivity index (χ1n) is 3.75. The van der Waals surface area contributed by atoms with Crippen LogP contribution in [0, 0.1) is 5.92 Å². The molecular formula is C9H11NS. The maximum atomic E-state index is 5.84. The summed E-state index contributed by atoms with van der Waals surface area (Å²) in [6.07, 6.45) is 6.38. The number of allylic oxidation sites excluding steroid dienone is 4. The molecule has 0 fully saturated rings. The minimum Gasteiger partial charge on any atom is -0.401 e. The quantitative estimate of drug-likeness (QED) is 0.594. The standard InChI is InChI=1S/C9H11NS/c1-6-2-3-8(10)9-7(6)4-5-11-9/h2-5,7,9H,10H2,1H3. The summed E-state index contributed by atoms with van der Waals surface area (Å²) in [4.78, 5) is 0. The van der Waals surface area contributed by atoms with Gasteiger partial charge in [-0.25, -0.2) is 0 Å². The molecule has 0 aromatic rings. The van der Waals surface area contributed by atoms with Crippen molar-refractivity contribution >= 4 is 11.8 Å². The van der Waals surface area contributed by atoms with Crippen molar-refractivity contribution < 1.29 is 0 Å². The summed E-state index contributed by atoms with van der Waals surface area (Å²) in [5.41, 5.74) is 8.27. The summed E-state index contributed by atoms with van der Waals surface area (Å²) in [7, 11) is 0. The Morgan fingerprint density at radius 3 is 3.00 bits per heavy atom. The van der Waals surface area contributed by atoms with E-state index >= 15 is 0 Å². The number of hydrogen-bond donors (Lipinski definition) is 1. The van der Waals surface area contributed by atoms with Gasteiger partial charge in [0.1, 0.15) is 0 Å². The van der Waals surface area contributed by atoms with Crippen LogP contribution >= 0.6 is 11.8 Å². The molecule has 0 saturated heterocycles. The van der Waals surface area contributed by atoms with Gasteiger partial charge in [0.25, 0.3) is 0 Å². The number of nitrogens with two attached hydrogens (primary N) is 1. The highest BCUT2D eigenvalue weighted by atomic mass is 32.2. The van der Waals surface area contributed by atoms with E-state index in [1.807, 2.05) is 17.8 Å². The van der Waals surface area contributed by atoms with Crippen molar-refractivity contribution in [3.8, 4) is 0 Å². The van der Waals surface area contributed by atoms with E-state index in [4.69, 9.17) is 5.73 Å². The molecule has 1 nitrogen and oxygen atoms in total. The van der Waals surface area contributed by atoms with Gasteiger partial charge in [0.2, 0.25) is 0 Å². The summed E-state index contributed by atoms with van der Waals surface area (Å²) < 4.78 is 0. The van der Waals surface area contributed by atoms with Gasteiger partial charge in [-0.05, 0) is 18.4 Å². The van der Waals surface area contributed by atoms with Gasteiger partial charge in [0.15, 0.2) is 0 Å². The molecule has 0 amide bonds. The van der Waals surface area contributed by atoms with E-state index in [0.717, 1.165) is 5.70 Å². The Kier molecular flexibility index (Phi) is 1.57. The lowest BCUT2D eigenvalue weighted by Crippen LogP contribution is -2.23. The van der Waals surface area contributed by atoms with E-state index in [-0.39, 0.29) is 0 Å². The van der Waals surface area contributed by atoms with Crippen molar-refractivity contribution in [1.29, 1.82) is 0 Å². The van der Waals surface area contributed by atoms with Crippen molar-refractivity contribution in [3.05, 3.63) is 34.9 Å². The van der Waals surface area contributed by atoms with Crippen molar-refractivity contribution in [2.45, 2.75) is 12.2 Å². The van der Waals surface area contributed by atoms with E-state index in [1.54, 1.807) is 0 Å². The Morgan fingerprint density at radius 2 is 2.27 bits per heavy atom. The largest absolute Gasteiger partial charge is 0.401 e. The molecular weight excluding hydrogens is 154 g/mol. The molecule has 2 aliphatic rings. The summed E-state index contributed by atoms with van der Waals surface area (Å²) >= 11 is 1.82. The fourth-order valence-corrected chi connectivity index (χ4v) is 2.65. The molecule has 1 aliphatic carbocycles. The van der Waals surface area contributed by atoms with Crippen LogP contribution in [-0.2, 0) is 0 Å². The molecule has 0 radical (unpaired) electrons. The maximum Gasteiger partial charge on any atom is 0.0583 e. The third kappa shape index (κ3) is 1.02. The first kappa shape index (κ1) is 7.04. The van der Waals surface area contributed by atoms with Gasteiger partial charge in [-0.2, -0.15) is 0 Å². The van der Waals surface area contributed by atoms with Gasteiger partial charge in [0.05, 0.1) is 5.25 Å². The lowest BCUT2D eigenvalue weighted by molar-refractivity contribution is 0.756. The SMILES string of the molecule is CC1=CC=C(N)C2SC=CC12. The average molecular weight is 165 g/mol. The Bertz CT molecular complexity index is 263. The molecule has 2 heteroatoms. The van der Waals surface area contributed by atoms with E-state index in [9.17, 15) is 0 Å². The monoisotopic (exact) mass is 165 g/mol. The third-order valence-corrected chi connectivity index (χ3v) is 3.40. The predicted molar refractivity (Wildman–Crippen MR) is 50.0 cm³/mol. The lowest BCUT2D eigenvalue weighted by atomic mass is 9.91. The molecule has 0 aromatic heterocycles. The normalized spacial score (nSPS) is 34.6. The van der Waals surface area contributed by atoms with Crippen LogP contribution in [0.4, 0.5) is 0 Å². The van der Waals surface area contributed by atoms with Crippen molar-refractivity contribution in [1.82, 2.24) is 0 Å². The molecule has 0 aromatic carbocycles. The highest BCUT2D eigenvalue weighted by molar-refractivity contribution is 8.03. The van der Waals surface area contributed by atoms with Crippen LogP contribution in [0.15, 0.2) is 34.9 Å². The second-order valence-electron chi connectivity index (χ2n) is 2.99. The first-order chi connectivity index (χ1) is 5.29. The molecule has 0 saturated carbocycles. The first-order valence-corrected chi connectivity index (χ1v) is 4.69. The fraction of sp³-hybridized carbons (Fsp3) is 0.333. The topological polar surface area (TPSA) is 26.0 Å². The van der Waals surface area contributed by atoms with E-state index < -0.39 is 0 Å². The molecule has 1 aliphatic heterocycles. The average Bonchev–Trinajstić information content (AvgIpc) is 2.45. The molecule has 0 bridgehead atoms. The number of fused-ring (bicyclic) bond motifs is 1. The van der Waals surface area contributed by atoms with Gasteiger partial charge in [0, 0.05) is 11.6 Å². The molecule has 58 valence electrons. The molecule has 2 unspecified atom stereocenters. The van der Waals surface area contributed by atoms with Crippen LogP contribution in [0.5, 0.6) is 0 Å². The van der Waals surface area contributed by atoms with Crippen LogP contribution in [0.1, 0.15) is 6.92 Å². The van der Waals surface area contributed by atoms with Crippen LogP contribution in [-0.4, -0.2) is 5.25 Å². The summed E-state index contributed by atoms with van der Waals surface area (Å²) in [5, 5.41) is 2.64. The highest BCUT2D eigenvalue weighted by Crippen LogP contribution is 2.39. The Morgan fingerprint density at radius 1 is 1.45 bits per heavy atom. The van der Waals surface area contributed by atoms with Gasteiger partial charge >= 0.3 is 0 Å². The van der Waals surface area contributed by atoms with Crippen LogP contribution in [0.2, 0.25) is 0 Å². The molecule has 2 N–H and O–H groups in total. The third-order valence-electron chi connectivity index (χ3n) is 2.23. The number of thioether (sulfide) groups is 1. The van der Waals surface area contributed by atoms with Crippen LogP contribution in [0.25, 0.3) is 0 Å². The predicted octanol–water partition coefficient (Wildman–Crippen LogP) is 2.03.